The Kier molecular flexibility index (Phi) is 5.92. The zero-order chi connectivity index (χ0) is 22.1. The lowest BCUT2D eigenvalue weighted by Gasteiger charge is -2.32. The van der Waals surface area contributed by atoms with E-state index in [9.17, 15) is 9.59 Å². The fourth-order valence-corrected chi connectivity index (χ4v) is 4.33. The standard InChI is InChI=1S/C24H25ClN2O4/c1-15-10-12-26(13-11-15)17-5-7-18(8-6-17)27-23(28)21(22(25)24(27)29)16-4-9-19(30-2)20(14-16)31-3/h4-9,14-15H,10-13H2,1-3H3. The van der Waals surface area contributed by atoms with Crippen molar-refractivity contribution >= 4 is 40.4 Å². The van der Waals surface area contributed by atoms with Gasteiger partial charge in [-0.2, -0.15) is 0 Å². The van der Waals surface area contributed by atoms with Crippen LogP contribution in [-0.2, 0) is 9.59 Å². The molecule has 0 atom stereocenters. The van der Waals surface area contributed by atoms with Crippen LogP contribution in [0.3, 0.4) is 0 Å². The molecular formula is C24H25ClN2O4. The van der Waals surface area contributed by atoms with Crippen LogP contribution in [-0.4, -0.2) is 39.1 Å². The van der Waals surface area contributed by atoms with Crippen LogP contribution in [0.5, 0.6) is 11.5 Å². The molecule has 2 heterocycles. The molecule has 0 unspecified atom stereocenters. The molecule has 6 nitrogen and oxygen atoms in total. The number of anilines is 2. The molecule has 0 aliphatic carbocycles. The Balaban J connectivity index is 1.59. The van der Waals surface area contributed by atoms with Gasteiger partial charge in [0.15, 0.2) is 11.5 Å². The summed E-state index contributed by atoms with van der Waals surface area (Å²) in [6.45, 7) is 4.30. The van der Waals surface area contributed by atoms with Crippen molar-refractivity contribution in [3.05, 3.63) is 53.1 Å². The first-order chi connectivity index (χ1) is 14.9. The molecule has 0 spiro atoms. The summed E-state index contributed by atoms with van der Waals surface area (Å²) in [5.41, 5.74) is 2.25. The van der Waals surface area contributed by atoms with Crippen molar-refractivity contribution < 1.29 is 19.1 Å². The zero-order valence-corrected chi connectivity index (χ0v) is 18.6. The number of rotatable bonds is 5. The third kappa shape index (κ3) is 3.88. The van der Waals surface area contributed by atoms with Gasteiger partial charge in [0.2, 0.25) is 0 Å². The number of carbonyl (C=O) groups excluding carboxylic acids is 2. The molecule has 2 aromatic carbocycles. The summed E-state index contributed by atoms with van der Waals surface area (Å²) in [6.07, 6.45) is 2.33. The maximum absolute atomic E-state index is 13.2. The van der Waals surface area contributed by atoms with E-state index in [4.69, 9.17) is 21.1 Å². The van der Waals surface area contributed by atoms with E-state index in [0.29, 0.717) is 22.7 Å². The van der Waals surface area contributed by atoms with Gasteiger partial charge in [0, 0.05) is 18.8 Å². The van der Waals surface area contributed by atoms with Crippen molar-refractivity contribution in [3.8, 4) is 11.5 Å². The van der Waals surface area contributed by atoms with E-state index in [2.05, 4.69) is 11.8 Å². The van der Waals surface area contributed by atoms with E-state index in [-0.39, 0.29) is 10.6 Å². The van der Waals surface area contributed by atoms with Gasteiger partial charge in [-0.25, -0.2) is 4.90 Å². The molecule has 0 bridgehead atoms. The van der Waals surface area contributed by atoms with Gasteiger partial charge in [0.25, 0.3) is 11.8 Å². The number of benzene rings is 2. The van der Waals surface area contributed by atoms with Gasteiger partial charge >= 0.3 is 0 Å². The SMILES string of the molecule is COc1ccc(C2=C(Cl)C(=O)N(c3ccc(N4CCC(C)CC4)cc3)C2=O)cc1OC. The fourth-order valence-electron chi connectivity index (χ4n) is 4.06. The van der Waals surface area contributed by atoms with Crippen molar-refractivity contribution in [3.63, 3.8) is 0 Å². The Morgan fingerprint density at radius 1 is 0.871 bits per heavy atom. The predicted molar refractivity (Wildman–Crippen MR) is 122 cm³/mol. The van der Waals surface area contributed by atoms with E-state index in [1.165, 1.54) is 27.1 Å². The van der Waals surface area contributed by atoms with Crippen LogP contribution < -0.4 is 19.3 Å². The van der Waals surface area contributed by atoms with Crippen molar-refractivity contribution in [2.24, 2.45) is 5.92 Å². The Morgan fingerprint density at radius 3 is 2.10 bits per heavy atom. The fraction of sp³-hybridized carbons (Fsp3) is 0.333. The van der Waals surface area contributed by atoms with E-state index in [1.807, 2.05) is 12.1 Å². The van der Waals surface area contributed by atoms with E-state index < -0.39 is 11.8 Å². The summed E-state index contributed by atoms with van der Waals surface area (Å²) in [4.78, 5) is 29.5. The second kappa shape index (κ2) is 8.63. The molecule has 31 heavy (non-hydrogen) atoms. The quantitative estimate of drug-likeness (QED) is 0.642. The first kappa shape index (κ1) is 21.2. The first-order valence-electron chi connectivity index (χ1n) is 10.3. The number of piperidine rings is 1. The number of halogens is 1. The minimum atomic E-state index is -0.531. The van der Waals surface area contributed by atoms with Gasteiger partial charge in [-0.1, -0.05) is 24.6 Å². The van der Waals surface area contributed by atoms with Crippen LogP contribution in [0.15, 0.2) is 47.5 Å². The minimum Gasteiger partial charge on any atom is -0.493 e. The minimum absolute atomic E-state index is 0.105. The Morgan fingerprint density at radius 2 is 1.48 bits per heavy atom. The maximum Gasteiger partial charge on any atom is 0.277 e. The lowest BCUT2D eigenvalue weighted by atomic mass is 9.99. The normalized spacial score (nSPS) is 17.5. The summed E-state index contributed by atoms with van der Waals surface area (Å²) >= 11 is 6.33. The molecule has 4 rings (SSSR count). The highest BCUT2D eigenvalue weighted by Crippen LogP contribution is 2.38. The molecule has 2 aromatic rings. The first-order valence-corrected chi connectivity index (χ1v) is 10.7. The van der Waals surface area contributed by atoms with Crippen LogP contribution in [0.2, 0.25) is 0 Å². The van der Waals surface area contributed by atoms with Crippen LogP contribution >= 0.6 is 11.6 Å². The van der Waals surface area contributed by atoms with Crippen LogP contribution in [0, 0.1) is 5.92 Å². The third-order valence-electron chi connectivity index (χ3n) is 5.96. The number of hydrogen-bond acceptors (Lipinski definition) is 5. The second-order valence-electron chi connectivity index (χ2n) is 7.89. The average Bonchev–Trinajstić information content (AvgIpc) is 3.02. The molecule has 1 fully saturated rings. The average molecular weight is 441 g/mol. The van der Waals surface area contributed by atoms with Crippen LogP contribution in [0.25, 0.3) is 5.57 Å². The number of nitrogens with zero attached hydrogens (tertiary/aromatic N) is 2. The molecule has 2 aliphatic heterocycles. The largest absolute Gasteiger partial charge is 0.493 e. The molecule has 0 saturated carbocycles. The smallest absolute Gasteiger partial charge is 0.277 e. The number of amides is 2. The molecule has 162 valence electrons. The molecule has 0 radical (unpaired) electrons. The summed E-state index contributed by atoms with van der Waals surface area (Å²) in [5, 5.41) is -0.105. The Hall–Kier alpha value is -2.99. The third-order valence-corrected chi connectivity index (χ3v) is 6.31. The van der Waals surface area contributed by atoms with Crippen molar-refractivity contribution in [2.75, 3.05) is 37.1 Å². The van der Waals surface area contributed by atoms with Crippen molar-refractivity contribution in [1.82, 2.24) is 0 Å². The van der Waals surface area contributed by atoms with Crippen LogP contribution in [0.4, 0.5) is 11.4 Å². The second-order valence-corrected chi connectivity index (χ2v) is 8.27. The van der Waals surface area contributed by atoms with Crippen molar-refractivity contribution in [2.45, 2.75) is 19.8 Å². The topological polar surface area (TPSA) is 59.1 Å². The molecule has 2 aliphatic rings. The highest BCUT2D eigenvalue weighted by molar-refractivity contribution is 6.60. The molecule has 0 aromatic heterocycles. The lowest BCUT2D eigenvalue weighted by molar-refractivity contribution is -0.119. The molecule has 2 amide bonds. The maximum atomic E-state index is 13.2. The van der Waals surface area contributed by atoms with E-state index in [0.717, 1.165) is 29.6 Å². The zero-order valence-electron chi connectivity index (χ0n) is 17.9. The van der Waals surface area contributed by atoms with Crippen molar-refractivity contribution in [1.29, 1.82) is 0 Å². The summed E-state index contributed by atoms with van der Waals surface area (Å²) in [5.74, 6) is 0.742. The van der Waals surface area contributed by atoms with Gasteiger partial charge in [-0.05, 0) is 60.7 Å². The van der Waals surface area contributed by atoms with E-state index >= 15 is 0 Å². The highest BCUT2D eigenvalue weighted by Gasteiger charge is 2.39. The van der Waals surface area contributed by atoms with E-state index in [1.54, 1.807) is 30.3 Å². The molecular weight excluding hydrogens is 416 g/mol. The molecule has 0 N–H and O–H groups in total. The lowest BCUT2D eigenvalue weighted by Crippen LogP contribution is -2.33. The summed E-state index contributed by atoms with van der Waals surface area (Å²) < 4.78 is 10.6. The highest BCUT2D eigenvalue weighted by atomic mass is 35.5. The number of imide groups is 1. The number of methoxy groups -OCH3 is 2. The molecule has 1 saturated heterocycles. The summed E-state index contributed by atoms with van der Waals surface area (Å²) in [6, 6.07) is 12.5. The molecule has 7 heteroatoms. The Bertz CT molecular complexity index is 1040. The van der Waals surface area contributed by atoms with Gasteiger partial charge in [0.05, 0.1) is 25.5 Å². The van der Waals surface area contributed by atoms with Gasteiger partial charge in [0.1, 0.15) is 5.03 Å². The number of carbonyl (C=O) groups is 2. The summed E-state index contributed by atoms with van der Waals surface area (Å²) in [7, 11) is 3.04. The predicted octanol–water partition coefficient (Wildman–Crippen LogP) is 4.46. The van der Waals surface area contributed by atoms with Gasteiger partial charge in [-0.15, -0.1) is 0 Å². The number of ether oxygens (including phenoxy) is 2. The van der Waals surface area contributed by atoms with Gasteiger partial charge < -0.3 is 14.4 Å². The monoisotopic (exact) mass is 440 g/mol. The van der Waals surface area contributed by atoms with Crippen LogP contribution in [0.1, 0.15) is 25.3 Å². The van der Waals surface area contributed by atoms with Gasteiger partial charge in [-0.3, -0.25) is 9.59 Å². The number of hydrogen-bond donors (Lipinski definition) is 0. The Labute approximate surface area is 187 Å².